The highest BCUT2D eigenvalue weighted by atomic mass is 32.2. The molecule has 0 amide bonds. The zero-order valence-corrected chi connectivity index (χ0v) is 6.95. The largest absolute Gasteiger partial charge is 0.251 e. The fourth-order valence-corrected chi connectivity index (χ4v) is 2.91. The topological polar surface area (TPSA) is 0 Å². The Hall–Kier alpha value is 0.0500. The molecule has 8 heavy (non-hydrogen) atoms. The minimum Gasteiger partial charge on any atom is -0.00555 e. The van der Waals surface area contributed by atoms with Gasteiger partial charge in [-0.1, -0.05) is 0 Å². The summed E-state index contributed by atoms with van der Waals surface area (Å²) < 4.78 is 1.46. The van der Waals surface area contributed by atoms with E-state index < -0.39 is 0 Å². The third-order valence-electron chi connectivity index (χ3n) is 1.09. The van der Waals surface area contributed by atoms with E-state index >= 15 is 0 Å². The Balaban J connectivity index is 3.14. The molecule has 0 bridgehead atoms. The Morgan fingerprint density at radius 2 is 1.88 bits per heavy atom. The second kappa shape index (κ2) is 2.11. The maximum Gasteiger partial charge on any atom is 0.251 e. The van der Waals surface area contributed by atoms with Gasteiger partial charge >= 0.3 is 0 Å². The van der Waals surface area contributed by atoms with E-state index in [9.17, 15) is 0 Å². The van der Waals surface area contributed by atoms with Crippen molar-refractivity contribution in [1.29, 1.82) is 0 Å². The first kappa shape index (κ1) is 6.17. The Kier molecular flexibility index (Phi) is 1.63. The molecule has 0 saturated carbocycles. The van der Waals surface area contributed by atoms with Gasteiger partial charge in [0, 0.05) is 6.92 Å². The maximum atomic E-state index is 2.17. The van der Waals surface area contributed by atoms with E-state index in [0.29, 0.717) is 0 Å². The molecule has 1 rings (SSSR count). The van der Waals surface area contributed by atoms with Crippen molar-refractivity contribution in [2.24, 2.45) is 0 Å². The molecular formula is C6H9S2+. The van der Waals surface area contributed by atoms with Crippen LogP contribution in [0.2, 0.25) is 0 Å². The molecule has 0 fully saturated rings. The van der Waals surface area contributed by atoms with Gasteiger partial charge in [-0.2, -0.15) is 0 Å². The lowest BCUT2D eigenvalue weighted by atomic mass is 10.5. The Morgan fingerprint density at radius 1 is 1.25 bits per heavy atom. The van der Waals surface area contributed by atoms with Crippen molar-refractivity contribution in [3.05, 3.63) is 13.9 Å². The van der Waals surface area contributed by atoms with Gasteiger partial charge in [-0.05, 0) is 13.8 Å². The SMILES string of the molecule is Cc1sc(C)c(C)[s+]1. The molecule has 2 heteroatoms. The van der Waals surface area contributed by atoms with Crippen LogP contribution >= 0.6 is 22.7 Å². The molecule has 0 aromatic carbocycles. The van der Waals surface area contributed by atoms with Gasteiger partial charge in [0.1, 0.15) is 9.75 Å². The number of hydrogen-bond acceptors (Lipinski definition) is 1. The highest BCUT2D eigenvalue weighted by Gasteiger charge is 2.09. The van der Waals surface area contributed by atoms with Crippen LogP contribution in [0.1, 0.15) is 13.9 Å². The summed E-state index contributed by atoms with van der Waals surface area (Å²) in [5.41, 5.74) is 0. The molecule has 0 nitrogen and oxygen atoms in total. The first-order chi connectivity index (χ1) is 3.70. The quantitative estimate of drug-likeness (QED) is 0.492. The van der Waals surface area contributed by atoms with Crippen molar-refractivity contribution in [2.75, 3.05) is 0 Å². The summed E-state index contributed by atoms with van der Waals surface area (Å²) in [5.74, 6) is 0. The molecule has 0 unspecified atom stereocenters. The lowest BCUT2D eigenvalue weighted by Gasteiger charge is -1.66. The van der Waals surface area contributed by atoms with Crippen molar-refractivity contribution >= 4 is 22.7 Å². The van der Waals surface area contributed by atoms with E-state index in [0.717, 1.165) is 0 Å². The monoisotopic (exact) mass is 145 g/mol. The Bertz CT molecular complexity index is 169. The summed E-state index contributed by atoms with van der Waals surface area (Å²) in [6.45, 7) is 6.50. The molecule has 0 saturated heterocycles. The summed E-state index contributed by atoms with van der Waals surface area (Å²) >= 11 is 3.78. The molecular weight excluding hydrogens is 136 g/mol. The fourth-order valence-electron chi connectivity index (χ4n) is 0.596. The van der Waals surface area contributed by atoms with Crippen LogP contribution < -0.4 is 0 Å². The van der Waals surface area contributed by atoms with Crippen molar-refractivity contribution in [1.82, 2.24) is 0 Å². The molecule has 1 aromatic rings. The number of hydrogen-bond donors (Lipinski definition) is 0. The third-order valence-corrected chi connectivity index (χ3v) is 3.52. The lowest BCUT2D eigenvalue weighted by molar-refractivity contribution is 1.51. The average molecular weight is 145 g/mol. The van der Waals surface area contributed by atoms with Crippen LogP contribution in [0, 0.1) is 20.8 Å². The van der Waals surface area contributed by atoms with Crippen LogP contribution in [-0.4, -0.2) is 0 Å². The molecule has 0 spiro atoms. The highest BCUT2D eigenvalue weighted by Crippen LogP contribution is 2.25. The minimum atomic E-state index is 1.46. The molecule has 44 valence electrons. The van der Waals surface area contributed by atoms with E-state index in [4.69, 9.17) is 0 Å². The van der Waals surface area contributed by atoms with Gasteiger partial charge in [-0.25, -0.2) is 0 Å². The van der Waals surface area contributed by atoms with Crippen LogP contribution in [0.3, 0.4) is 0 Å². The van der Waals surface area contributed by atoms with Gasteiger partial charge in [0.2, 0.25) is 0 Å². The minimum absolute atomic E-state index is 1.46. The summed E-state index contributed by atoms with van der Waals surface area (Å²) in [6, 6.07) is 0. The van der Waals surface area contributed by atoms with Crippen molar-refractivity contribution in [2.45, 2.75) is 20.8 Å². The van der Waals surface area contributed by atoms with Crippen LogP contribution in [0.15, 0.2) is 0 Å². The standard InChI is InChI=1S/C6H9S2/c1-4-5(2)8-6(3)7-4/h1-3H3/q+1. The van der Waals surface area contributed by atoms with Crippen LogP contribution in [0.5, 0.6) is 0 Å². The molecule has 0 N–H and O–H groups in total. The Morgan fingerprint density at radius 3 is 2.00 bits per heavy atom. The molecule has 1 aromatic heterocycles. The first-order valence-corrected chi connectivity index (χ1v) is 4.20. The summed E-state index contributed by atoms with van der Waals surface area (Å²) in [6.07, 6.45) is 0. The summed E-state index contributed by atoms with van der Waals surface area (Å²) in [7, 11) is 0. The molecule has 0 atom stereocenters. The van der Waals surface area contributed by atoms with Crippen LogP contribution in [-0.2, 0) is 0 Å². The second-order valence-electron chi connectivity index (χ2n) is 1.81. The molecule has 1 heterocycles. The molecule has 0 aliphatic carbocycles. The predicted molar refractivity (Wildman–Crippen MR) is 40.8 cm³/mol. The van der Waals surface area contributed by atoms with Gasteiger partial charge in [0.15, 0.2) is 0 Å². The first-order valence-electron chi connectivity index (χ1n) is 2.57. The van der Waals surface area contributed by atoms with Crippen molar-refractivity contribution in [3.8, 4) is 0 Å². The van der Waals surface area contributed by atoms with Gasteiger partial charge in [-0.3, -0.25) is 0 Å². The van der Waals surface area contributed by atoms with E-state index in [1.54, 1.807) is 0 Å². The second-order valence-corrected chi connectivity index (χ2v) is 4.92. The Labute approximate surface area is 57.8 Å². The zero-order valence-electron chi connectivity index (χ0n) is 5.32. The normalized spacial score (nSPS) is 9.88. The van der Waals surface area contributed by atoms with Gasteiger partial charge in [-0.15, -0.1) is 0 Å². The van der Waals surface area contributed by atoms with Crippen molar-refractivity contribution < 1.29 is 0 Å². The molecule has 0 aliphatic heterocycles. The number of rotatable bonds is 0. The maximum absolute atomic E-state index is 2.17. The summed E-state index contributed by atoms with van der Waals surface area (Å²) in [4.78, 5) is 2.93. The number of aryl methyl sites for hydroxylation is 3. The zero-order chi connectivity index (χ0) is 6.15. The lowest BCUT2D eigenvalue weighted by Crippen LogP contribution is -1.58. The predicted octanol–water partition coefficient (Wildman–Crippen LogP) is 3.02. The van der Waals surface area contributed by atoms with Crippen molar-refractivity contribution in [3.63, 3.8) is 0 Å². The smallest absolute Gasteiger partial charge is 0.00555 e. The van der Waals surface area contributed by atoms with Gasteiger partial charge in [0.05, 0.1) is 22.7 Å². The van der Waals surface area contributed by atoms with Crippen LogP contribution in [0.4, 0.5) is 0 Å². The third kappa shape index (κ3) is 1.06. The average Bonchev–Trinajstić information content (AvgIpc) is 1.85. The van der Waals surface area contributed by atoms with E-state index in [2.05, 4.69) is 20.8 Å². The van der Waals surface area contributed by atoms with Gasteiger partial charge in [0.25, 0.3) is 4.19 Å². The highest BCUT2D eigenvalue weighted by molar-refractivity contribution is 7.31. The fraction of sp³-hybridized carbons (Fsp3) is 0.500. The van der Waals surface area contributed by atoms with E-state index in [1.807, 2.05) is 22.7 Å². The molecule has 0 aliphatic rings. The van der Waals surface area contributed by atoms with Crippen LogP contribution in [0.25, 0.3) is 0 Å². The van der Waals surface area contributed by atoms with E-state index in [1.165, 1.54) is 13.9 Å². The molecule has 0 radical (unpaired) electrons. The summed E-state index contributed by atoms with van der Waals surface area (Å²) in [5, 5.41) is 0. The van der Waals surface area contributed by atoms with E-state index in [-0.39, 0.29) is 0 Å². The van der Waals surface area contributed by atoms with Gasteiger partial charge < -0.3 is 0 Å².